The van der Waals surface area contributed by atoms with E-state index >= 15 is 0 Å². The van der Waals surface area contributed by atoms with Crippen LogP contribution in [0.5, 0.6) is 0 Å². The lowest BCUT2D eigenvalue weighted by Gasteiger charge is -2.07. The van der Waals surface area contributed by atoms with Gasteiger partial charge in [-0.2, -0.15) is 0 Å². The first-order valence-corrected chi connectivity index (χ1v) is 7.11. The molecule has 0 saturated heterocycles. The fraction of sp³-hybridized carbons (Fsp3) is 0. The molecule has 0 aliphatic carbocycles. The number of aromatic nitrogens is 1. The maximum atomic E-state index is 12.1. The van der Waals surface area contributed by atoms with Crippen LogP contribution in [0.3, 0.4) is 0 Å². The number of carbonyl (C=O) groups is 1. The monoisotopic (exact) mass is 342 g/mol. The number of hydrogen-bond acceptors (Lipinski definition) is 2. The molecule has 3 aromatic rings. The van der Waals surface area contributed by atoms with Crippen molar-refractivity contribution in [1.29, 1.82) is 0 Å². The molecule has 0 aliphatic heterocycles. The minimum Gasteiger partial charge on any atom is -0.328 e. The zero-order chi connectivity index (χ0) is 14.8. The molecule has 2 aromatic carbocycles. The summed E-state index contributed by atoms with van der Waals surface area (Å²) in [6.07, 6.45) is 1.40. The highest BCUT2D eigenvalue weighted by Crippen LogP contribution is 2.26. The molecule has 3 rings (SSSR count). The molecule has 0 unspecified atom stereocenters. The number of pyridine rings is 1. The van der Waals surface area contributed by atoms with E-state index in [0.717, 1.165) is 15.2 Å². The van der Waals surface area contributed by atoms with E-state index in [0.29, 0.717) is 11.3 Å². The zero-order valence-corrected chi connectivity index (χ0v) is 12.5. The van der Waals surface area contributed by atoms with Crippen LogP contribution in [0, 0.1) is 0 Å². The highest BCUT2D eigenvalue weighted by atomic mass is 79.9. The van der Waals surface area contributed by atoms with Crippen LogP contribution in [0.1, 0.15) is 10.4 Å². The molecule has 0 saturated carbocycles. The van der Waals surface area contributed by atoms with E-state index in [1.165, 1.54) is 18.3 Å². The van der Waals surface area contributed by atoms with Crippen molar-refractivity contribution in [1.82, 2.24) is 4.98 Å². The summed E-state index contributed by atoms with van der Waals surface area (Å²) in [6.45, 7) is 0. The number of anilines is 1. The summed E-state index contributed by atoms with van der Waals surface area (Å²) in [5, 5.41) is 4.93. The Morgan fingerprint density at radius 3 is 2.71 bits per heavy atom. The molecule has 1 amide bonds. The summed E-state index contributed by atoms with van der Waals surface area (Å²) in [7, 11) is 0. The first-order valence-electron chi connectivity index (χ1n) is 6.32. The number of halogens is 1. The van der Waals surface area contributed by atoms with Gasteiger partial charge in [-0.25, -0.2) is 0 Å². The van der Waals surface area contributed by atoms with Crippen LogP contribution in [-0.2, 0) is 0 Å². The van der Waals surface area contributed by atoms with Gasteiger partial charge < -0.3 is 10.3 Å². The van der Waals surface area contributed by atoms with Crippen molar-refractivity contribution in [3.63, 3.8) is 0 Å². The number of benzene rings is 2. The molecule has 0 bridgehead atoms. The largest absolute Gasteiger partial charge is 0.328 e. The van der Waals surface area contributed by atoms with Gasteiger partial charge in [-0.1, -0.05) is 34.1 Å². The predicted molar refractivity (Wildman–Crippen MR) is 86.7 cm³/mol. The van der Waals surface area contributed by atoms with E-state index in [4.69, 9.17) is 0 Å². The van der Waals surface area contributed by atoms with Gasteiger partial charge in [-0.3, -0.25) is 9.59 Å². The van der Waals surface area contributed by atoms with E-state index in [1.54, 1.807) is 0 Å². The van der Waals surface area contributed by atoms with Crippen molar-refractivity contribution in [3.8, 4) is 0 Å². The molecule has 0 aliphatic rings. The number of aromatic amines is 1. The molecule has 0 spiro atoms. The summed E-state index contributed by atoms with van der Waals surface area (Å²) < 4.78 is 1.01. The highest BCUT2D eigenvalue weighted by Gasteiger charge is 2.07. The molecule has 0 fully saturated rings. The second kappa shape index (κ2) is 5.54. The third-order valence-electron chi connectivity index (χ3n) is 3.13. The number of carbonyl (C=O) groups excluding carboxylic acids is 1. The van der Waals surface area contributed by atoms with Gasteiger partial charge >= 0.3 is 0 Å². The number of amides is 1. The maximum absolute atomic E-state index is 12.1. The number of rotatable bonds is 2. The van der Waals surface area contributed by atoms with E-state index in [-0.39, 0.29) is 11.5 Å². The summed E-state index contributed by atoms with van der Waals surface area (Å²) in [6, 6.07) is 14.4. The van der Waals surface area contributed by atoms with Crippen molar-refractivity contribution in [2.24, 2.45) is 0 Å². The van der Waals surface area contributed by atoms with E-state index < -0.39 is 0 Å². The second-order valence-electron chi connectivity index (χ2n) is 4.57. The Morgan fingerprint density at radius 2 is 1.95 bits per heavy atom. The van der Waals surface area contributed by atoms with Gasteiger partial charge in [0, 0.05) is 22.4 Å². The lowest BCUT2D eigenvalue weighted by atomic mass is 10.1. The van der Waals surface area contributed by atoms with Crippen molar-refractivity contribution in [2.75, 3.05) is 5.32 Å². The van der Waals surface area contributed by atoms with Crippen LogP contribution >= 0.6 is 15.9 Å². The molecule has 1 heterocycles. The Balaban J connectivity index is 1.89. The number of nitrogens with one attached hydrogen (secondary N) is 2. The predicted octanol–water partition coefficient (Wildman–Crippen LogP) is 3.54. The Morgan fingerprint density at radius 1 is 1.10 bits per heavy atom. The van der Waals surface area contributed by atoms with Crippen LogP contribution in [0.15, 0.2) is 64.0 Å². The van der Waals surface area contributed by atoms with E-state index in [2.05, 4.69) is 26.2 Å². The minimum atomic E-state index is -0.263. The number of hydrogen-bond donors (Lipinski definition) is 2. The number of H-pyrrole nitrogens is 1. The molecule has 2 N–H and O–H groups in total. The second-order valence-corrected chi connectivity index (χ2v) is 5.43. The fourth-order valence-corrected chi connectivity index (χ4v) is 2.59. The normalized spacial score (nSPS) is 10.5. The average molecular weight is 343 g/mol. The topological polar surface area (TPSA) is 62.0 Å². The highest BCUT2D eigenvalue weighted by molar-refractivity contribution is 9.10. The van der Waals surface area contributed by atoms with Gasteiger partial charge in [0.05, 0.1) is 5.56 Å². The third-order valence-corrected chi connectivity index (χ3v) is 3.82. The van der Waals surface area contributed by atoms with Gasteiger partial charge in [-0.15, -0.1) is 0 Å². The molecule has 1 aromatic heterocycles. The average Bonchev–Trinajstić information content (AvgIpc) is 2.48. The Labute approximate surface area is 128 Å². The Bertz CT molecular complexity index is 866. The summed E-state index contributed by atoms with van der Waals surface area (Å²) >= 11 is 3.49. The summed E-state index contributed by atoms with van der Waals surface area (Å²) in [5.41, 5.74) is 0.878. The van der Waals surface area contributed by atoms with Gasteiger partial charge in [0.1, 0.15) is 0 Å². The zero-order valence-electron chi connectivity index (χ0n) is 10.9. The minimum absolute atomic E-state index is 0.234. The van der Waals surface area contributed by atoms with Crippen LogP contribution in [0.4, 0.5) is 5.69 Å². The summed E-state index contributed by atoms with van der Waals surface area (Å²) in [5.74, 6) is -0.263. The van der Waals surface area contributed by atoms with Crippen LogP contribution in [-0.4, -0.2) is 10.9 Å². The van der Waals surface area contributed by atoms with E-state index in [1.807, 2.05) is 36.4 Å². The molecule has 5 heteroatoms. The molecule has 104 valence electrons. The molecular weight excluding hydrogens is 332 g/mol. The molecule has 4 nitrogen and oxygen atoms in total. The fourth-order valence-electron chi connectivity index (χ4n) is 2.08. The molecular formula is C16H11BrN2O2. The van der Waals surface area contributed by atoms with Crippen molar-refractivity contribution >= 4 is 38.3 Å². The first kappa shape index (κ1) is 13.6. The van der Waals surface area contributed by atoms with Gasteiger partial charge in [0.2, 0.25) is 5.56 Å². The van der Waals surface area contributed by atoms with Crippen molar-refractivity contribution in [2.45, 2.75) is 0 Å². The maximum Gasteiger partial charge on any atom is 0.257 e. The van der Waals surface area contributed by atoms with Gasteiger partial charge in [0.15, 0.2) is 0 Å². The van der Waals surface area contributed by atoms with E-state index in [9.17, 15) is 9.59 Å². The Hall–Kier alpha value is -2.40. The summed E-state index contributed by atoms with van der Waals surface area (Å²) in [4.78, 5) is 25.6. The molecule has 0 atom stereocenters. The third kappa shape index (κ3) is 2.87. The standard InChI is InChI=1S/C16H11BrN2O2/c17-14-3-1-2-10-8-12(5-6-13(10)14)19-16(21)11-4-7-15(20)18-9-11/h1-9H,(H,18,20)(H,19,21). The van der Waals surface area contributed by atoms with Crippen LogP contribution in [0.25, 0.3) is 10.8 Å². The quantitative estimate of drug-likeness (QED) is 0.748. The van der Waals surface area contributed by atoms with Crippen LogP contribution < -0.4 is 10.9 Å². The number of fused-ring (bicyclic) bond motifs is 1. The van der Waals surface area contributed by atoms with Gasteiger partial charge in [0.25, 0.3) is 5.91 Å². The first-order chi connectivity index (χ1) is 10.1. The lowest BCUT2D eigenvalue weighted by Crippen LogP contribution is -2.14. The van der Waals surface area contributed by atoms with Crippen molar-refractivity contribution in [3.05, 3.63) is 75.1 Å². The molecule has 21 heavy (non-hydrogen) atoms. The van der Waals surface area contributed by atoms with Crippen LogP contribution in [0.2, 0.25) is 0 Å². The SMILES string of the molecule is O=C(Nc1ccc2c(Br)cccc2c1)c1ccc(=O)[nH]c1. The van der Waals surface area contributed by atoms with Gasteiger partial charge in [-0.05, 0) is 35.0 Å². The molecule has 0 radical (unpaired) electrons. The Kier molecular flexibility index (Phi) is 3.58. The smallest absolute Gasteiger partial charge is 0.257 e. The van der Waals surface area contributed by atoms with Crippen molar-refractivity contribution < 1.29 is 4.79 Å². The lowest BCUT2D eigenvalue weighted by molar-refractivity contribution is 0.102.